The summed E-state index contributed by atoms with van der Waals surface area (Å²) >= 11 is 6.02. The molecule has 0 radical (unpaired) electrons. The van der Waals surface area contributed by atoms with Crippen LogP contribution in [0.15, 0.2) is 52.2 Å². The molecule has 0 spiro atoms. The average Bonchev–Trinajstić information content (AvgIpc) is 3.36. The smallest absolute Gasteiger partial charge is 0.260 e. The van der Waals surface area contributed by atoms with Gasteiger partial charge in [-0.1, -0.05) is 23.7 Å². The number of hydrogen-bond acceptors (Lipinski definition) is 5. The maximum Gasteiger partial charge on any atom is 0.260 e. The zero-order valence-electron chi connectivity index (χ0n) is 16.9. The molecule has 29 heavy (non-hydrogen) atoms. The summed E-state index contributed by atoms with van der Waals surface area (Å²) in [4.78, 5) is 15.6. The first-order valence-electron chi connectivity index (χ1n) is 10.0. The Labute approximate surface area is 176 Å². The zero-order valence-corrected chi connectivity index (χ0v) is 17.7. The summed E-state index contributed by atoms with van der Waals surface area (Å²) in [6.45, 7) is 7.48. The first-order chi connectivity index (χ1) is 13.9. The topological polar surface area (TPSA) is 58.3 Å². The molecule has 3 heterocycles. The van der Waals surface area contributed by atoms with E-state index in [1.165, 1.54) is 0 Å². The van der Waals surface area contributed by atoms with Crippen LogP contribution in [0.1, 0.15) is 44.6 Å². The van der Waals surface area contributed by atoms with Crippen LogP contribution in [-0.4, -0.2) is 52.9 Å². The second kappa shape index (κ2) is 8.30. The summed E-state index contributed by atoms with van der Waals surface area (Å²) in [5.41, 5.74) is 1.81. The van der Waals surface area contributed by atoms with Gasteiger partial charge in [0.2, 0.25) is 0 Å². The minimum absolute atomic E-state index is 0.0309. The van der Waals surface area contributed by atoms with Crippen molar-refractivity contribution in [2.24, 2.45) is 5.10 Å². The number of nitrogens with zero attached hydrogens (tertiary/aromatic N) is 3. The monoisotopic (exact) mass is 415 g/mol. The van der Waals surface area contributed by atoms with Crippen LogP contribution in [0.25, 0.3) is 0 Å². The molecule has 154 valence electrons. The number of rotatable bonds is 4. The van der Waals surface area contributed by atoms with Gasteiger partial charge in [0.15, 0.2) is 0 Å². The molecular weight excluding hydrogens is 390 g/mol. The Balaban J connectivity index is 1.60. The number of morpholine rings is 1. The highest BCUT2D eigenvalue weighted by Gasteiger charge is 2.39. The highest BCUT2D eigenvalue weighted by Crippen LogP contribution is 2.34. The SMILES string of the molecule is C[C@@H]1CN([C@H](C)C(=O)N2N=C(c3ccc(Cl)cc3)C[C@@H]2c2ccco2)C[C@H](C)O1. The molecule has 4 rings (SSSR count). The lowest BCUT2D eigenvalue weighted by Crippen LogP contribution is -2.54. The van der Waals surface area contributed by atoms with Crippen LogP contribution >= 0.6 is 11.6 Å². The van der Waals surface area contributed by atoms with Crippen molar-refractivity contribution in [1.29, 1.82) is 0 Å². The summed E-state index contributed by atoms with van der Waals surface area (Å²) in [7, 11) is 0. The summed E-state index contributed by atoms with van der Waals surface area (Å²) in [6.07, 6.45) is 2.43. The molecule has 0 bridgehead atoms. The van der Waals surface area contributed by atoms with E-state index in [1.807, 2.05) is 57.2 Å². The minimum Gasteiger partial charge on any atom is -0.467 e. The van der Waals surface area contributed by atoms with E-state index in [9.17, 15) is 4.79 Å². The number of carbonyl (C=O) groups is 1. The van der Waals surface area contributed by atoms with E-state index in [0.29, 0.717) is 11.4 Å². The van der Waals surface area contributed by atoms with Crippen molar-refractivity contribution in [2.75, 3.05) is 13.1 Å². The molecule has 2 aromatic rings. The Kier molecular flexibility index (Phi) is 5.76. The van der Waals surface area contributed by atoms with E-state index in [1.54, 1.807) is 11.3 Å². The first-order valence-corrected chi connectivity index (χ1v) is 10.4. The Morgan fingerprint density at radius 2 is 1.86 bits per heavy atom. The molecule has 1 saturated heterocycles. The number of hydrazone groups is 1. The molecule has 6 nitrogen and oxygen atoms in total. The lowest BCUT2D eigenvalue weighted by atomic mass is 10.0. The summed E-state index contributed by atoms with van der Waals surface area (Å²) < 4.78 is 11.5. The van der Waals surface area contributed by atoms with Crippen molar-refractivity contribution in [3.63, 3.8) is 0 Å². The fourth-order valence-electron chi connectivity index (χ4n) is 4.11. The fraction of sp³-hybridized carbons (Fsp3) is 0.455. The maximum atomic E-state index is 13.5. The van der Waals surface area contributed by atoms with Crippen LogP contribution in [0.5, 0.6) is 0 Å². The number of halogens is 1. The van der Waals surface area contributed by atoms with Crippen LogP contribution in [0.3, 0.4) is 0 Å². The number of furan rings is 1. The zero-order chi connectivity index (χ0) is 20.5. The molecular formula is C22H26ClN3O3. The van der Waals surface area contributed by atoms with Gasteiger partial charge in [0.1, 0.15) is 11.8 Å². The van der Waals surface area contributed by atoms with Crippen molar-refractivity contribution in [3.8, 4) is 0 Å². The van der Waals surface area contributed by atoms with E-state index < -0.39 is 0 Å². The summed E-state index contributed by atoms with van der Waals surface area (Å²) in [5, 5.41) is 6.99. The lowest BCUT2D eigenvalue weighted by molar-refractivity contribution is -0.144. The van der Waals surface area contributed by atoms with Crippen molar-refractivity contribution in [3.05, 3.63) is 59.0 Å². The van der Waals surface area contributed by atoms with Gasteiger partial charge >= 0.3 is 0 Å². The van der Waals surface area contributed by atoms with E-state index in [2.05, 4.69) is 4.90 Å². The lowest BCUT2D eigenvalue weighted by Gasteiger charge is -2.39. The molecule has 0 saturated carbocycles. The molecule has 2 aliphatic rings. The van der Waals surface area contributed by atoms with E-state index in [0.717, 1.165) is 30.1 Å². The van der Waals surface area contributed by atoms with Gasteiger partial charge in [0, 0.05) is 24.5 Å². The number of benzene rings is 1. The van der Waals surface area contributed by atoms with E-state index in [4.69, 9.17) is 25.9 Å². The van der Waals surface area contributed by atoms with Gasteiger partial charge in [-0.3, -0.25) is 9.69 Å². The first kappa shape index (κ1) is 20.1. The average molecular weight is 416 g/mol. The van der Waals surface area contributed by atoms with Crippen molar-refractivity contribution in [2.45, 2.75) is 51.5 Å². The third-order valence-electron chi connectivity index (χ3n) is 5.54. The third kappa shape index (κ3) is 4.25. The van der Waals surface area contributed by atoms with Crippen LogP contribution in [0.2, 0.25) is 5.02 Å². The van der Waals surface area contributed by atoms with Crippen molar-refractivity contribution in [1.82, 2.24) is 9.91 Å². The maximum absolute atomic E-state index is 13.5. The Hall–Kier alpha value is -2.15. The molecule has 1 amide bonds. The highest BCUT2D eigenvalue weighted by molar-refractivity contribution is 6.30. The molecule has 1 aromatic heterocycles. The molecule has 4 atom stereocenters. The minimum atomic E-state index is -0.297. The van der Waals surface area contributed by atoms with E-state index in [-0.39, 0.29) is 30.2 Å². The molecule has 1 aromatic carbocycles. The van der Waals surface area contributed by atoms with Crippen LogP contribution in [-0.2, 0) is 9.53 Å². The van der Waals surface area contributed by atoms with Crippen molar-refractivity contribution >= 4 is 23.2 Å². The molecule has 0 N–H and O–H groups in total. The van der Waals surface area contributed by atoms with E-state index >= 15 is 0 Å². The summed E-state index contributed by atoms with van der Waals surface area (Å²) in [6, 6.07) is 10.7. The highest BCUT2D eigenvalue weighted by atomic mass is 35.5. The number of hydrogen-bond donors (Lipinski definition) is 0. The third-order valence-corrected chi connectivity index (χ3v) is 5.79. The van der Waals surface area contributed by atoms with Crippen molar-refractivity contribution < 1.29 is 13.9 Å². The standard InChI is InChI=1S/C22H26ClN3O3/c1-14-12-25(13-15(2)29-14)16(3)22(27)26-20(21-5-4-10-28-21)11-19(24-26)17-6-8-18(23)9-7-17/h4-10,14-16,20H,11-13H2,1-3H3/t14-,15+,16-,20-/m1/s1. The van der Waals surface area contributed by atoms with Crippen LogP contribution in [0, 0.1) is 0 Å². The van der Waals surface area contributed by atoms with Crippen LogP contribution in [0.4, 0.5) is 0 Å². The second-order valence-corrected chi connectivity index (χ2v) is 8.30. The fourth-order valence-corrected chi connectivity index (χ4v) is 4.24. The van der Waals surface area contributed by atoms with Gasteiger partial charge in [0.05, 0.1) is 30.2 Å². The number of ether oxygens (including phenoxy) is 1. The Bertz CT molecular complexity index is 871. The normalized spacial score (nSPS) is 26.4. The van der Waals surface area contributed by atoms with Crippen LogP contribution < -0.4 is 0 Å². The van der Waals surface area contributed by atoms with Gasteiger partial charge in [-0.15, -0.1) is 0 Å². The molecule has 7 heteroatoms. The van der Waals surface area contributed by atoms with Gasteiger partial charge in [0.25, 0.3) is 5.91 Å². The van der Waals surface area contributed by atoms with Gasteiger partial charge in [-0.25, -0.2) is 5.01 Å². The predicted molar refractivity (Wildman–Crippen MR) is 112 cm³/mol. The predicted octanol–water partition coefficient (Wildman–Crippen LogP) is 4.11. The Morgan fingerprint density at radius 1 is 1.17 bits per heavy atom. The van der Waals surface area contributed by atoms with Gasteiger partial charge in [-0.2, -0.15) is 5.10 Å². The second-order valence-electron chi connectivity index (χ2n) is 7.86. The quantitative estimate of drug-likeness (QED) is 0.754. The Morgan fingerprint density at radius 3 is 2.48 bits per heavy atom. The van der Waals surface area contributed by atoms with Gasteiger partial charge < -0.3 is 9.15 Å². The molecule has 0 aliphatic carbocycles. The largest absolute Gasteiger partial charge is 0.467 e. The number of amides is 1. The molecule has 1 fully saturated rings. The summed E-state index contributed by atoms with van der Waals surface area (Å²) in [5.74, 6) is 0.707. The molecule has 2 aliphatic heterocycles. The molecule has 0 unspecified atom stereocenters. The van der Waals surface area contributed by atoms with Gasteiger partial charge in [-0.05, 0) is 50.6 Å². The number of carbonyl (C=O) groups excluding carboxylic acids is 1.